The molecule has 1 aromatic heterocycles. The minimum absolute atomic E-state index is 0.321. The van der Waals surface area contributed by atoms with Crippen molar-refractivity contribution >= 4 is 28.5 Å². The predicted octanol–water partition coefficient (Wildman–Crippen LogP) is 2.07. The molecule has 0 radical (unpaired) electrons. The van der Waals surface area contributed by atoms with Gasteiger partial charge in [-0.3, -0.25) is 0 Å². The number of aromatic nitrogens is 2. The fourth-order valence-electron chi connectivity index (χ4n) is 1.27. The Morgan fingerprint density at radius 3 is 3.00 bits per heavy atom. The largest absolute Gasteiger partial charge is 0.465 e. The van der Waals surface area contributed by atoms with Gasteiger partial charge in [0, 0.05) is 11.6 Å². The summed E-state index contributed by atoms with van der Waals surface area (Å²) in [7, 11) is 1.31. The summed E-state index contributed by atoms with van der Waals surface area (Å²) in [5.41, 5.74) is 1.02. The Labute approximate surface area is 90.9 Å². The summed E-state index contributed by atoms with van der Waals surface area (Å²) in [6, 6.07) is 3.23. The lowest BCUT2D eigenvalue weighted by atomic mass is 10.1. The molecular formula is C10H7ClN2O2. The first-order valence-electron chi connectivity index (χ1n) is 4.20. The monoisotopic (exact) mass is 222 g/mol. The zero-order chi connectivity index (χ0) is 10.8. The topological polar surface area (TPSA) is 52.1 Å². The Morgan fingerprint density at radius 2 is 2.27 bits per heavy atom. The summed E-state index contributed by atoms with van der Waals surface area (Å²) in [5, 5.41) is 1.08. The number of carbonyl (C=O) groups excluding carboxylic acids is 1. The minimum Gasteiger partial charge on any atom is -0.465 e. The fourth-order valence-corrected chi connectivity index (χ4v) is 1.51. The second-order valence-electron chi connectivity index (χ2n) is 2.91. The Kier molecular flexibility index (Phi) is 2.51. The number of hydrogen-bond acceptors (Lipinski definition) is 4. The second kappa shape index (κ2) is 3.82. The Hall–Kier alpha value is -1.68. The van der Waals surface area contributed by atoms with Gasteiger partial charge in [-0.25, -0.2) is 14.8 Å². The molecule has 0 saturated heterocycles. The van der Waals surface area contributed by atoms with Crippen molar-refractivity contribution in [2.75, 3.05) is 7.11 Å². The summed E-state index contributed by atoms with van der Waals surface area (Å²) in [4.78, 5) is 19.2. The number of nitrogens with zero attached hydrogens (tertiary/aromatic N) is 2. The number of halogens is 1. The molecule has 0 unspecified atom stereocenters. The van der Waals surface area contributed by atoms with Crippen molar-refractivity contribution in [1.29, 1.82) is 0 Å². The van der Waals surface area contributed by atoms with Crippen molar-refractivity contribution in [2.24, 2.45) is 0 Å². The lowest BCUT2D eigenvalue weighted by Crippen LogP contribution is -2.02. The van der Waals surface area contributed by atoms with Gasteiger partial charge in [0.2, 0.25) is 0 Å². The maximum absolute atomic E-state index is 11.3. The zero-order valence-electron chi connectivity index (χ0n) is 7.90. The first kappa shape index (κ1) is 9.86. The molecule has 0 amide bonds. The standard InChI is InChI=1S/C10H7ClN2O2/c1-15-10(14)7-2-6-4-12-5-13-9(6)3-8(7)11/h2-5H,1H3. The maximum atomic E-state index is 11.3. The molecule has 2 rings (SSSR count). The third-order valence-electron chi connectivity index (χ3n) is 2.00. The molecule has 76 valence electrons. The van der Waals surface area contributed by atoms with E-state index < -0.39 is 5.97 Å². The minimum atomic E-state index is -0.467. The van der Waals surface area contributed by atoms with E-state index in [2.05, 4.69) is 14.7 Å². The van der Waals surface area contributed by atoms with E-state index in [0.717, 1.165) is 5.39 Å². The van der Waals surface area contributed by atoms with E-state index in [1.807, 2.05) is 0 Å². The van der Waals surface area contributed by atoms with Crippen LogP contribution in [0.4, 0.5) is 0 Å². The van der Waals surface area contributed by atoms with Gasteiger partial charge in [0.1, 0.15) is 6.33 Å². The first-order chi connectivity index (χ1) is 7.22. The van der Waals surface area contributed by atoms with Crippen LogP contribution in [0.2, 0.25) is 5.02 Å². The molecule has 0 N–H and O–H groups in total. The van der Waals surface area contributed by atoms with Crippen molar-refractivity contribution < 1.29 is 9.53 Å². The van der Waals surface area contributed by atoms with Gasteiger partial charge in [0.25, 0.3) is 0 Å². The van der Waals surface area contributed by atoms with Crippen molar-refractivity contribution in [1.82, 2.24) is 9.97 Å². The van der Waals surface area contributed by atoms with Crippen LogP contribution in [0.5, 0.6) is 0 Å². The maximum Gasteiger partial charge on any atom is 0.339 e. The van der Waals surface area contributed by atoms with Gasteiger partial charge in [-0.2, -0.15) is 0 Å². The summed E-state index contributed by atoms with van der Waals surface area (Å²) < 4.78 is 4.60. The summed E-state index contributed by atoms with van der Waals surface area (Å²) in [6.07, 6.45) is 3.04. The van der Waals surface area contributed by atoms with E-state index in [-0.39, 0.29) is 0 Å². The number of benzene rings is 1. The number of esters is 1. The van der Waals surface area contributed by atoms with Crippen LogP contribution in [0, 0.1) is 0 Å². The van der Waals surface area contributed by atoms with Gasteiger partial charge in [-0.15, -0.1) is 0 Å². The van der Waals surface area contributed by atoms with Crippen LogP contribution in [-0.2, 0) is 4.74 Å². The molecule has 5 heteroatoms. The molecule has 0 atom stereocenters. The van der Waals surface area contributed by atoms with Gasteiger partial charge in [0.05, 0.1) is 23.2 Å². The summed E-state index contributed by atoms with van der Waals surface area (Å²) >= 11 is 5.92. The third kappa shape index (κ3) is 1.76. The highest BCUT2D eigenvalue weighted by Crippen LogP contribution is 2.22. The van der Waals surface area contributed by atoms with Crippen LogP contribution in [0.3, 0.4) is 0 Å². The number of hydrogen-bond donors (Lipinski definition) is 0. The molecule has 4 nitrogen and oxygen atoms in total. The molecule has 0 spiro atoms. The van der Waals surface area contributed by atoms with Crippen LogP contribution in [0.1, 0.15) is 10.4 Å². The zero-order valence-corrected chi connectivity index (χ0v) is 8.65. The molecule has 0 aliphatic rings. The Morgan fingerprint density at radius 1 is 1.47 bits per heavy atom. The number of methoxy groups -OCH3 is 1. The van der Waals surface area contributed by atoms with Crippen LogP contribution in [0.25, 0.3) is 10.9 Å². The Balaban J connectivity index is 2.67. The summed E-state index contributed by atoms with van der Waals surface area (Å²) in [5.74, 6) is -0.467. The molecular weight excluding hydrogens is 216 g/mol. The average Bonchev–Trinajstić information content (AvgIpc) is 2.27. The van der Waals surface area contributed by atoms with Gasteiger partial charge >= 0.3 is 5.97 Å². The Bertz CT molecular complexity index is 528. The molecule has 2 aromatic rings. The SMILES string of the molecule is COC(=O)c1cc2cncnc2cc1Cl. The highest BCUT2D eigenvalue weighted by Gasteiger charge is 2.11. The normalized spacial score (nSPS) is 10.3. The van der Waals surface area contributed by atoms with Crippen LogP contribution < -0.4 is 0 Å². The van der Waals surface area contributed by atoms with E-state index in [1.165, 1.54) is 13.4 Å². The first-order valence-corrected chi connectivity index (χ1v) is 4.58. The van der Waals surface area contributed by atoms with Crippen LogP contribution in [-0.4, -0.2) is 23.0 Å². The molecule has 1 aromatic carbocycles. The van der Waals surface area contributed by atoms with Crippen LogP contribution >= 0.6 is 11.6 Å². The highest BCUT2D eigenvalue weighted by atomic mass is 35.5. The van der Waals surface area contributed by atoms with E-state index in [4.69, 9.17) is 11.6 Å². The van der Waals surface area contributed by atoms with E-state index in [0.29, 0.717) is 16.1 Å². The van der Waals surface area contributed by atoms with E-state index in [9.17, 15) is 4.79 Å². The quantitative estimate of drug-likeness (QED) is 0.693. The molecule has 0 fully saturated rings. The molecule has 15 heavy (non-hydrogen) atoms. The lowest BCUT2D eigenvalue weighted by Gasteiger charge is -2.03. The number of rotatable bonds is 1. The molecule has 1 heterocycles. The molecule has 0 bridgehead atoms. The summed E-state index contributed by atoms with van der Waals surface area (Å²) in [6.45, 7) is 0. The van der Waals surface area contributed by atoms with Crippen LogP contribution in [0.15, 0.2) is 24.7 Å². The predicted molar refractivity (Wildman–Crippen MR) is 55.9 cm³/mol. The highest BCUT2D eigenvalue weighted by molar-refractivity contribution is 6.34. The van der Waals surface area contributed by atoms with E-state index >= 15 is 0 Å². The van der Waals surface area contributed by atoms with Crippen molar-refractivity contribution in [2.45, 2.75) is 0 Å². The fraction of sp³-hybridized carbons (Fsp3) is 0.100. The molecule has 0 aliphatic heterocycles. The van der Waals surface area contributed by atoms with Crippen molar-refractivity contribution in [3.8, 4) is 0 Å². The second-order valence-corrected chi connectivity index (χ2v) is 3.31. The third-order valence-corrected chi connectivity index (χ3v) is 2.31. The smallest absolute Gasteiger partial charge is 0.339 e. The number of fused-ring (bicyclic) bond motifs is 1. The van der Waals surface area contributed by atoms with E-state index in [1.54, 1.807) is 18.3 Å². The number of carbonyl (C=O) groups is 1. The molecule has 0 saturated carbocycles. The lowest BCUT2D eigenvalue weighted by molar-refractivity contribution is 0.0601. The van der Waals surface area contributed by atoms with Gasteiger partial charge in [-0.1, -0.05) is 11.6 Å². The van der Waals surface area contributed by atoms with Crippen molar-refractivity contribution in [3.63, 3.8) is 0 Å². The van der Waals surface area contributed by atoms with Gasteiger partial charge < -0.3 is 4.74 Å². The van der Waals surface area contributed by atoms with Gasteiger partial charge in [-0.05, 0) is 12.1 Å². The van der Waals surface area contributed by atoms with Gasteiger partial charge in [0.15, 0.2) is 0 Å². The molecule has 0 aliphatic carbocycles. The van der Waals surface area contributed by atoms with Crippen molar-refractivity contribution in [3.05, 3.63) is 35.2 Å². The number of ether oxygens (including phenoxy) is 1. The average molecular weight is 223 g/mol.